The Morgan fingerprint density at radius 2 is 2.06 bits per heavy atom. The van der Waals surface area contributed by atoms with E-state index in [1.54, 1.807) is 36.4 Å². The summed E-state index contributed by atoms with van der Waals surface area (Å²) in [4.78, 5) is 11.7. The molecule has 0 radical (unpaired) electrons. The van der Waals surface area contributed by atoms with Crippen molar-refractivity contribution in [3.8, 4) is 5.75 Å². The molecule has 0 bridgehead atoms. The summed E-state index contributed by atoms with van der Waals surface area (Å²) in [6.45, 7) is 0.0705. The van der Waals surface area contributed by atoms with Crippen LogP contribution in [0.4, 0.5) is 0 Å². The molecule has 2 aliphatic carbocycles. The van der Waals surface area contributed by atoms with Gasteiger partial charge in [0.15, 0.2) is 0 Å². The zero-order chi connectivity index (χ0) is 22.9. The summed E-state index contributed by atoms with van der Waals surface area (Å²) >= 11 is 5.93. The molecule has 7 heteroatoms. The number of allylic oxidation sites excluding steroid dienone is 2. The number of aliphatic hydroxyl groups is 3. The van der Waals surface area contributed by atoms with Crippen LogP contribution in [0.15, 0.2) is 48.6 Å². The van der Waals surface area contributed by atoms with E-state index in [0.29, 0.717) is 36.1 Å². The van der Waals surface area contributed by atoms with Gasteiger partial charge in [0.1, 0.15) is 18.5 Å². The van der Waals surface area contributed by atoms with E-state index in [4.69, 9.17) is 16.3 Å². The Bertz CT molecular complexity index is 794. The molecule has 32 heavy (non-hydrogen) atoms. The van der Waals surface area contributed by atoms with Gasteiger partial charge in [0.25, 0.3) is 0 Å². The van der Waals surface area contributed by atoms with Crippen LogP contribution in [-0.4, -0.2) is 52.2 Å². The van der Waals surface area contributed by atoms with Gasteiger partial charge in [-0.1, -0.05) is 42.0 Å². The molecule has 4 N–H and O–H groups in total. The molecule has 0 unspecified atom stereocenters. The van der Waals surface area contributed by atoms with E-state index in [1.165, 1.54) is 0 Å². The number of amides is 1. The van der Waals surface area contributed by atoms with E-state index in [1.807, 2.05) is 12.2 Å². The molecule has 176 valence electrons. The fraction of sp³-hybridized carbons (Fsp3) is 0.560. The monoisotopic (exact) mass is 463 g/mol. The fourth-order valence-corrected chi connectivity index (χ4v) is 4.22. The van der Waals surface area contributed by atoms with Crippen LogP contribution in [0, 0.1) is 11.8 Å². The van der Waals surface area contributed by atoms with Crippen LogP contribution < -0.4 is 10.1 Å². The summed E-state index contributed by atoms with van der Waals surface area (Å²) in [5.41, 5.74) is 0. The van der Waals surface area contributed by atoms with Gasteiger partial charge in [-0.25, -0.2) is 0 Å². The Labute approximate surface area is 194 Å². The number of ether oxygens (including phenoxy) is 1. The minimum Gasteiger partial charge on any atom is -0.491 e. The fourth-order valence-electron chi connectivity index (χ4n) is 4.04. The van der Waals surface area contributed by atoms with Crippen molar-refractivity contribution in [2.24, 2.45) is 11.8 Å². The van der Waals surface area contributed by atoms with Crippen LogP contribution in [0.5, 0.6) is 5.75 Å². The molecule has 0 saturated heterocycles. The second-order valence-electron chi connectivity index (χ2n) is 8.77. The third-order valence-electron chi connectivity index (χ3n) is 5.98. The van der Waals surface area contributed by atoms with E-state index in [9.17, 15) is 20.1 Å². The summed E-state index contributed by atoms with van der Waals surface area (Å²) in [5.74, 6) is 0.351. The molecule has 0 aromatic heterocycles. The number of benzene rings is 1. The lowest BCUT2D eigenvalue weighted by Crippen LogP contribution is -2.24. The Morgan fingerprint density at radius 1 is 1.25 bits per heavy atom. The van der Waals surface area contributed by atoms with Gasteiger partial charge in [-0.2, -0.15) is 0 Å². The van der Waals surface area contributed by atoms with Crippen molar-refractivity contribution < 1.29 is 24.9 Å². The normalized spacial score (nSPS) is 26.6. The largest absolute Gasteiger partial charge is 0.491 e. The first-order chi connectivity index (χ1) is 15.4. The van der Waals surface area contributed by atoms with Crippen molar-refractivity contribution in [3.05, 3.63) is 53.6 Å². The van der Waals surface area contributed by atoms with E-state index in [0.717, 1.165) is 25.7 Å². The summed E-state index contributed by atoms with van der Waals surface area (Å²) < 4.78 is 5.55. The lowest BCUT2D eigenvalue weighted by molar-refractivity contribution is -0.121. The lowest BCUT2D eigenvalue weighted by atomic mass is 9.89. The summed E-state index contributed by atoms with van der Waals surface area (Å²) in [6, 6.07) is 7.37. The molecule has 1 aromatic rings. The Kier molecular flexibility index (Phi) is 9.60. The first kappa shape index (κ1) is 24.8. The summed E-state index contributed by atoms with van der Waals surface area (Å²) in [6.07, 6.45) is 10.7. The van der Waals surface area contributed by atoms with E-state index in [2.05, 4.69) is 5.32 Å². The predicted octanol–water partition coefficient (Wildman–Crippen LogP) is 3.39. The van der Waals surface area contributed by atoms with Crippen molar-refractivity contribution in [2.45, 2.75) is 69.3 Å². The molecule has 3 rings (SSSR count). The molecule has 1 aromatic carbocycles. The third-order valence-corrected chi connectivity index (χ3v) is 6.22. The molecule has 0 heterocycles. The zero-order valence-electron chi connectivity index (χ0n) is 18.3. The molecule has 0 aliphatic heterocycles. The van der Waals surface area contributed by atoms with Gasteiger partial charge < -0.3 is 25.4 Å². The van der Waals surface area contributed by atoms with E-state index >= 15 is 0 Å². The van der Waals surface area contributed by atoms with E-state index in [-0.39, 0.29) is 24.3 Å². The van der Waals surface area contributed by atoms with Crippen molar-refractivity contribution in [1.82, 2.24) is 5.32 Å². The van der Waals surface area contributed by atoms with Crippen LogP contribution in [0.3, 0.4) is 0 Å². The maximum absolute atomic E-state index is 11.7. The predicted molar refractivity (Wildman–Crippen MR) is 124 cm³/mol. The highest BCUT2D eigenvalue weighted by molar-refractivity contribution is 6.30. The minimum atomic E-state index is -0.836. The van der Waals surface area contributed by atoms with Gasteiger partial charge in [-0.3, -0.25) is 4.79 Å². The molecule has 6 nitrogen and oxygen atoms in total. The molecule has 0 spiro atoms. The molecule has 5 atom stereocenters. The number of halogens is 1. The highest BCUT2D eigenvalue weighted by atomic mass is 35.5. The zero-order valence-corrected chi connectivity index (χ0v) is 19.0. The second-order valence-corrected chi connectivity index (χ2v) is 9.21. The Balaban J connectivity index is 1.40. The summed E-state index contributed by atoms with van der Waals surface area (Å²) in [5, 5.41) is 34.5. The molecule has 2 fully saturated rings. The van der Waals surface area contributed by atoms with Crippen molar-refractivity contribution in [1.29, 1.82) is 0 Å². The van der Waals surface area contributed by atoms with Crippen molar-refractivity contribution >= 4 is 17.5 Å². The molecule has 2 saturated carbocycles. The number of hydrogen-bond acceptors (Lipinski definition) is 5. The average Bonchev–Trinajstić information content (AvgIpc) is 3.52. The van der Waals surface area contributed by atoms with Gasteiger partial charge >= 0.3 is 0 Å². The number of aliphatic hydroxyl groups excluding tert-OH is 3. The van der Waals surface area contributed by atoms with Crippen LogP contribution in [0.25, 0.3) is 0 Å². The molecule has 2 aliphatic rings. The van der Waals surface area contributed by atoms with E-state index < -0.39 is 18.3 Å². The molecular formula is C25H34ClNO5. The molecule has 1 amide bonds. The first-order valence-corrected chi connectivity index (χ1v) is 11.9. The van der Waals surface area contributed by atoms with Crippen LogP contribution in [0.2, 0.25) is 5.02 Å². The highest BCUT2D eigenvalue weighted by Crippen LogP contribution is 2.36. The Morgan fingerprint density at radius 3 is 2.81 bits per heavy atom. The van der Waals surface area contributed by atoms with Crippen LogP contribution in [-0.2, 0) is 4.79 Å². The van der Waals surface area contributed by atoms with Gasteiger partial charge in [-0.05, 0) is 56.2 Å². The lowest BCUT2D eigenvalue weighted by Gasteiger charge is -2.19. The van der Waals surface area contributed by atoms with Crippen molar-refractivity contribution in [3.63, 3.8) is 0 Å². The Hall–Kier alpha value is -1.86. The van der Waals surface area contributed by atoms with Gasteiger partial charge in [0.2, 0.25) is 5.91 Å². The van der Waals surface area contributed by atoms with Crippen LogP contribution in [0.1, 0.15) is 44.9 Å². The van der Waals surface area contributed by atoms with Gasteiger partial charge in [-0.15, -0.1) is 0 Å². The summed E-state index contributed by atoms with van der Waals surface area (Å²) in [7, 11) is 0. The standard InChI is InChI=1S/C25H34ClNO5/c26-17-6-5-7-20(14-17)32-16-19(28)12-13-22-21(23(29)15-24(22)30)8-3-1-2-4-9-25(31)27-18-10-11-18/h1,3,5-7,12-14,18-19,21-24,28-30H,2,4,8-11,15-16H2,(H,27,31)/b3-1+,13-12+/t19-,21-,22-,23+,24-/m1/s1. The minimum absolute atomic E-state index is 0.0705. The number of nitrogens with one attached hydrogen (secondary N) is 1. The highest BCUT2D eigenvalue weighted by Gasteiger charge is 2.39. The third kappa shape index (κ3) is 8.24. The van der Waals surface area contributed by atoms with Gasteiger partial charge in [0, 0.05) is 29.8 Å². The quantitative estimate of drug-likeness (QED) is 0.281. The van der Waals surface area contributed by atoms with Crippen molar-refractivity contribution in [2.75, 3.05) is 6.61 Å². The maximum atomic E-state index is 11.7. The number of hydrogen-bond donors (Lipinski definition) is 4. The topological polar surface area (TPSA) is 99.0 Å². The maximum Gasteiger partial charge on any atom is 0.220 e. The van der Waals surface area contributed by atoms with Crippen LogP contribution >= 0.6 is 11.6 Å². The number of carbonyl (C=O) groups excluding carboxylic acids is 1. The number of unbranched alkanes of at least 4 members (excludes halogenated alkanes) is 1. The smallest absolute Gasteiger partial charge is 0.220 e. The van der Waals surface area contributed by atoms with Gasteiger partial charge in [0.05, 0.1) is 12.2 Å². The molecular weight excluding hydrogens is 430 g/mol. The first-order valence-electron chi connectivity index (χ1n) is 11.5. The average molecular weight is 464 g/mol. The number of carbonyl (C=O) groups is 1. The number of rotatable bonds is 12. The second kappa shape index (κ2) is 12.4. The SMILES string of the molecule is O=C(CCC/C=C/C[C@@H]1[C@@H](/C=C/[C@@H](O)COc2cccc(Cl)c2)[C@H](O)C[C@@H]1O)NC1CC1.